The predicted octanol–water partition coefficient (Wildman–Crippen LogP) is 4.99. The molecule has 7 nitrogen and oxygen atoms in total. The smallest absolute Gasteiger partial charge is 0.227 e. The molecule has 2 fully saturated rings. The maximum absolute atomic E-state index is 12.0. The van der Waals surface area contributed by atoms with Gasteiger partial charge in [-0.3, -0.25) is 4.79 Å². The molecule has 5 atom stereocenters. The average Bonchev–Trinajstić information content (AvgIpc) is 3.81. The predicted molar refractivity (Wildman–Crippen MR) is 156 cm³/mol. The molecule has 1 aliphatic carbocycles. The maximum Gasteiger partial charge on any atom is 0.227 e. The van der Waals surface area contributed by atoms with Crippen LogP contribution in [0.2, 0.25) is 5.02 Å². The number of benzene rings is 3. The second kappa shape index (κ2) is 12.9. The third-order valence-electron chi connectivity index (χ3n) is 7.22. The Hall–Kier alpha value is -2.59. The molecule has 0 radical (unpaired) electrons. The summed E-state index contributed by atoms with van der Waals surface area (Å²) >= 11 is 7.98. The highest BCUT2D eigenvalue weighted by molar-refractivity contribution is 7.99. The van der Waals surface area contributed by atoms with Crippen molar-refractivity contribution in [3.05, 3.63) is 88.4 Å². The lowest BCUT2D eigenvalue weighted by molar-refractivity contribution is -0.218. The Labute approximate surface area is 243 Å². The molecule has 1 heterocycles. The molecule has 0 unspecified atom stereocenters. The number of nitrogens with one attached hydrogen (secondary N) is 1. The Morgan fingerprint density at radius 3 is 2.40 bits per heavy atom. The Kier molecular flexibility index (Phi) is 9.35. The van der Waals surface area contributed by atoms with Crippen LogP contribution in [0, 0.1) is 5.92 Å². The average molecular weight is 584 g/mol. The van der Waals surface area contributed by atoms with Gasteiger partial charge in [0.25, 0.3) is 0 Å². The number of ether oxygens (including phenoxy) is 2. The van der Waals surface area contributed by atoms with Crippen LogP contribution in [-0.2, 0) is 16.0 Å². The normalized spacial score (nSPS) is 24.5. The van der Waals surface area contributed by atoms with Crippen LogP contribution >= 0.6 is 23.4 Å². The van der Waals surface area contributed by atoms with E-state index < -0.39 is 30.5 Å². The molecule has 212 valence electrons. The number of hydrogen-bond acceptors (Lipinski definition) is 7. The van der Waals surface area contributed by atoms with Gasteiger partial charge >= 0.3 is 0 Å². The molecule has 3 aromatic carbocycles. The van der Waals surface area contributed by atoms with Crippen molar-refractivity contribution in [2.45, 2.75) is 61.6 Å². The van der Waals surface area contributed by atoms with E-state index in [1.165, 1.54) is 11.8 Å². The number of hydrogen-bond donors (Lipinski definition) is 4. The van der Waals surface area contributed by atoms with Crippen molar-refractivity contribution in [2.24, 2.45) is 5.92 Å². The van der Waals surface area contributed by atoms with Gasteiger partial charge in [0, 0.05) is 27.3 Å². The van der Waals surface area contributed by atoms with Crippen LogP contribution in [0.5, 0.6) is 5.75 Å². The third kappa shape index (κ3) is 7.00. The lowest BCUT2D eigenvalue weighted by Crippen LogP contribution is -2.54. The fourth-order valence-corrected chi connectivity index (χ4v) is 5.91. The van der Waals surface area contributed by atoms with Crippen LogP contribution in [0.25, 0.3) is 0 Å². The minimum atomic E-state index is -1.37. The first-order valence-corrected chi connectivity index (χ1v) is 14.9. The van der Waals surface area contributed by atoms with E-state index in [9.17, 15) is 20.1 Å². The Morgan fingerprint density at radius 2 is 1.73 bits per heavy atom. The highest BCUT2D eigenvalue weighted by atomic mass is 35.5. The van der Waals surface area contributed by atoms with Crippen molar-refractivity contribution in [3.63, 3.8) is 0 Å². The van der Waals surface area contributed by atoms with Gasteiger partial charge in [0.05, 0.1) is 12.7 Å². The summed E-state index contributed by atoms with van der Waals surface area (Å²) in [4.78, 5) is 12.9. The standard InChI is InChI=1S/C31H34ClNO6S/c1-2-38-23-10-3-18(4-11-23)15-21-16-20(7-14-25(21)32)30-29(36)28(35)27(34)26(39-30)17-40-24-12-8-22(9-13-24)33-31(37)19-5-6-19/h3-4,7-14,16,19,26-30,34-36H,2,5-6,15,17H2,1H3,(H,33,37)/t26-,27-,28+,29-,30+/m1/s1. The van der Waals surface area contributed by atoms with Crippen molar-refractivity contribution in [2.75, 3.05) is 17.7 Å². The van der Waals surface area contributed by atoms with E-state index >= 15 is 0 Å². The fraction of sp³-hybridized carbons (Fsp3) is 0.387. The van der Waals surface area contributed by atoms with Gasteiger partial charge in [0.2, 0.25) is 5.91 Å². The summed E-state index contributed by atoms with van der Waals surface area (Å²) in [5.41, 5.74) is 3.34. The highest BCUT2D eigenvalue weighted by Gasteiger charge is 2.44. The van der Waals surface area contributed by atoms with E-state index in [2.05, 4.69) is 5.32 Å². The summed E-state index contributed by atoms with van der Waals surface area (Å²) in [5, 5.41) is 35.7. The zero-order chi connectivity index (χ0) is 28.2. The van der Waals surface area contributed by atoms with Gasteiger partial charge in [-0.05, 0) is 85.3 Å². The van der Waals surface area contributed by atoms with Gasteiger partial charge in [0.15, 0.2) is 0 Å². The van der Waals surface area contributed by atoms with Gasteiger partial charge in [-0.25, -0.2) is 0 Å². The summed E-state index contributed by atoms with van der Waals surface area (Å²) in [7, 11) is 0. The van der Waals surface area contributed by atoms with Gasteiger partial charge < -0.3 is 30.1 Å². The number of halogens is 1. The SMILES string of the molecule is CCOc1ccc(Cc2cc([C@@H]3O[C@H](CSc4ccc(NC(=O)C5CC5)cc4)[C@@H](O)[C@H](O)[C@H]3O)ccc2Cl)cc1. The lowest BCUT2D eigenvalue weighted by atomic mass is 9.90. The summed E-state index contributed by atoms with van der Waals surface area (Å²) < 4.78 is 11.7. The lowest BCUT2D eigenvalue weighted by Gasteiger charge is -2.41. The largest absolute Gasteiger partial charge is 0.494 e. The number of anilines is 1. The number of amides is 1. The molecule has 4 N–H and O–H groups in total. The van der Waals surface area contributed by atoms with Crippen LogP contribution in [0.15, 0.2) is 71.6 Å². The topological polar surface area (TPSA) is 108 Å². The minimum Gasteiger partial charge on any atom is -0.494 e. The molecule has 1 amide bonds. The van der Waals surface area contributed by atoms with Crippen molar-refractivity contribution >= 4 is 35.0 Å². The second-order valence-corrected chi connectivity index (χ2v) is 11.8. The number of carbonyl (C=O) groups excluding carboxylic acids is 1. The molecule has 1 aliphatic heterocycles. The summed E-state index contributed by atoms with van der Waals surface area (Å²) in [6, 6.07) is 20.7. The summed E-state index contributed by atoms with van der Waals surface area (Å²) in [6.07, 6.45) is -2.99. The van der Waals surface area contributed by atoms with Crippen molar-refractivity contribution < 1.29 is 29.6 Å². The van der Waals surface area contributed by atoms with Crippen LogP contribution < -0.4 is 10.1 Å². The van der Waals surface area contributed by atoms with E-state index in [1.54, 1.807) is 12.1 Å². The van der Waals surface area contributed by atoms with Crippen LogP contribution in [0.3, 0.4) is 0 Å². The zero-order valence-electron chi connectivity index (χ0n) is 22.2. The molecule has 0 spiro atoms. The number of carbonyl (C=O) groups is 1. The molecule has 9 heteroatoms. The number of thioether (sulfide) groups is 1. The maximum atomic E-state index is 12.0. The fourth-order valence-electron chi connectivity index (χ4n) is 4.76. The highest BCUT2D eigenvalue weighted by Crippen LogP contribution is 2.37. The number of aliphatic hydroxyl groups excluding tert-OH is 3. The Morgan fingerprint density at radius 1 is 1.00 bits per heavy atom. The first-order valence-electron chi connectivity index (χ1n) is 13.6. The molecule has 1 saturated heterocycles. The van der Waals surface area contributed by atoms with Crippen LogP contribution in [0.4, 0.5) is 5.69 Å². The van der Waals surface area contributed by atoms with Gasteiger partial charge in [-0.1, -0.05) is 35.9 Å². The molecule has 1 saturated carbocycles. The number of rotatable bonds is 10. The van der Waals surface area contributed by atoms with Gasteiger partial charge in [-0.15, -0.1) is 11.8 Å². The van der Waals surface area contributed by atoms with Crippen LogP contribution in [0.1, 0.15) is 42.6 Å². The Bertz CT molecular complexity index is 1300. The summed E-state index contributed by atoms with van der Waals surface area (Å²) in [5.74, 6) is 1.36. The van der Waals surface area contributed by atoms with E-state index in [0.717, 1.165) is 40.3 Å². The first-order chi connectivity index (χ1) is 19.3. The minimum absolute atomic E-state index is 0.0579. The quantitative estimate of drug-likeness (QED) is 0.249. The molecule has 3 aromatic rings. The van der Waals surface area contributed by atoms with Crippen molar-refractivity contribution in [1.29, 1.82) is 0 Å². The molecular weight excluding hydrogens is 550 g/mol. The first kappa shape index (κ1) is 28.9. The second-order valence-electron chi connectivity index (χ2n) is 10.3. The van der Waals surface area contributed by atoms with E-state index in [-0.39, 0.29) is 11.8 Å². The molecule has 5 rings (SSSR count). The zero-order valence-corrected chi connectivity index (χ0v) is 23.8. The van der Waals surface area contributed by atoms with Crippen LogP contribution in [-0.4, -0.2) is 58.0 Å². The van der Waals surface area contributed by atoms with E-state index in [1.807, 2.05) is 61.5 Å². The third-order valence-corrected chi connectivity index (χ3v) is 8.69. The number of aliphatic hydroxyl groups is 3. The molecule has 40 heavy (non-hydrogen) atoms. The summed E-state index contributed by atoms with van der Waals surface area (Å²) in [6.45, 7) is 2.54. The molecular formula is C31H34ClNO6S. The Balaban J connectivity index is 1.25. The van der Waals surface area contributed by atoms with Gasteiger partial charge in [-0.2, -0.15) is 0 Å². The molecule has 0 aromatic heterocycles. The molecule has 2 aliphatic rings. The van der Waals surface area contributed by atoms with Crippen molar-refractivity contribution in [1.82, 2.24) is 0 Å². The van der Waals surface area contributed by atoms with E-state index in [0.29, 0.717) is 29.4 Å². The van der Waals surface area contributed by atoms with Gasteiger partial charge in [0.1, 0.15) is 30.2 Å². The monoisotopic (exact) mass is 583 g/mol. The van der Waals surface area contributed by atoms with E-state index in [4.69, 9.17) is 21.1 Å². The van der Waals surface area contributed by atoms with Crippen molar-refractivity contribution in [3.8, 4) is 5.75 Å². The molecule has 0 bridgehead atoms.